The first-order chi connectivity index (χ1) is 15.5. The highest BCUT2D eigenvalue weighted by Gasteiger charge is 2.31. The molecule has 1 N–H and O–H groups in total. The van der Waals surface area contributed by atoms with Gasteiger partial charge in [-0.3, -0.25) is 4.18 Å². The van der Waals surface area contributed by atoms with Crippen LogP contribution in [0.15, 0.2) is 48.7 Å². The molecule has 0 spiro atoms. The van der Waals surface area contributed by atoms with Crippen molar-refractivity contribution in [3.05, 3.63) is 70.9 Å². The van der Waals surface area contributed by atoms with Gasteiger partial charge < -0.3 is 4.98 Å². The second-order valence-corrected chi connectivity index (χ2v) is 10.1. The maximum atomic E-state index is 13.0. The number of hydrogen-bond donors (Lipinski definition) is 1. The van der Waals surface area contributed by atoms with Crippen molar-refractivity contribution in [2.75, 3.05) is 19.1 Å². The maximum Gasteiger partial charge on any atom is 0.416 e. The van der Waals surface area contributed by atoms with Crippen LogP contribution in [-0.2, 0) is 26.2 Å². The van der Waals surface area contributed by atoms with E-state index in [1.165, 1.54) is 12.1 Å². The Hall–Kier alpha value is -1.97. The first-order valence-electron chi connectivity index (χ1n) is 10.6. The van der Waals surface area contributed by atoms with E-state index in [0.717, 1.165) is 46.2 Å². The molecule has 4 nitrogen and oxygen atoms in total. The molecule has 0 radical (unpaired) electrons. The van der Waals surface area contributed by atoms with Crippen molar-refractivity contribution in [3.8, 4) is 0 Å². The SMILES string of the molecule is CC.CSCc1cccc2c(C(c3ccc(C(F)(F)F)cc3)C(C)COS(C)(=O)=O)c[nH]c12. The zero-order valence-corrected chi connectivity index (χ0v) is 21.0. The fraction of sp³-hybridized carbons (Fsp3) is 0.417. The normalized spacial score (nSPS) is 13.9. The van der Waals surface area contributed by atoms with Crippen LogP contribution in [0.1, 0.15) is 48.9 Å². The number of aromatic amines is 1. The third-order valence-electron chi connectivity index (χ3n) is 5.18. The zero-order chi connectivity index (χ0) is 24.8. The van der Waals surface area contributed by atoms with Gasteiger partial charge >= 0.3 is 6.18 Å². The largest absolute Gasteiger partial charge is 0.416 e. The molecule has 0 saturated heterocycles. The average molecular weight is 502 g/mol. The monoisotopic (exact) mass is 501 g/mol. The molecule has 0 bridgehead atoms. The lowest BCUT2D eigenvalue weighted by atomic mass is 9.81. The summed E-state index contributed by atoms with van der Waals surface area (Å²) in [6.45, 7) is 5.75. The van der Waals surface area contributed by atoms with Crippen LogP contribution >= 0.6 is 11.8 Å². The second kappa shape index (κ2) is 11.4. The molecule has 0 aliphatic heterocycles. The number of para-hydroxylation sites is 1. The third kappa shape index (κ3) is 7.01. The lowest BCUT2D eigenvalue weighted by Crippen LogP contribution is -2.19. The van der Waals surface area contributed by atoms with E-state index < -0.39 is 21.9 Å². The summed E-state index contributed by atoms with van der Waals surface area (Å²) in [5, 5.41) is 0.961. The van der Waals surface area contributed by atoms with Crippen LogP contribution < -0.4 is 0 Å². The van der Waals surface area contributed by atoms with Crippen molar-refractivity contribution in [1.29, 1.82) is 0 Å². The Labute approximate surface area is 198 Å². The molecule has 0 fully saturated rings. The molecular weight excluding hydrogens is 471 g/mol. The molecule has 33 heavy (non-hydrogen) atoms. The molecule has 182 valence electrons. The topological polar surface area (TPSA) is 59.2 Å². The summed E-state index contributed by atoms with van der Waals surface area (Å²) < 4.78 is 67.2. The Balaban J connectivity index is 0.00000187. The van der Waals surface area contributed by atoms with E-state index in [-0.39, 0.29) is 18.4 Å². The molecule has 2 atom stereocenters. The number of thioether (sulfide) groups is 1. The number of alkyl halides is 3. The Morgan fingerprint density at radius 2 is 1.73 bits per heavy atom. The zero-order valence-electron chi connectivity index (χ0n) is 19.4. The van der Waals surface area contributed by atoms with Gasteiger partial charge in [0.25, 0.3) is 10.1 Å². The molecule has 3 aromatic rings. The standard InChI is InChI=1S/C22H24F3NO3S2.C2H6/c1-14(12-29-31(3,27)28)20(15-7-9-17(10-8-15)22(23,24)25)19-11-26-21-16(13-30-2)5-4-6-18(19)21;1-2/h4-11,14,20,26H,12-13H2,1-3H3;1-2H3. The van der Waals surface area contributed by atoms with Gasteiger partial charge in [0, 0.05) is 28.8 Å². The number of rotatable bonds is 8. The van der Waals surface area contributed by atoms with Gasteiger partial charge in [0.1, 0.15) is 0 Å². The Morgan fingerprint density at radius 1 is 1.09 bits per heavy atom. The first kappa shape index (κ1) is 27.3. The van der Waals surface area contributed by atoms with Crippen LogP contribution in [0.2, 0.25) is 0 Å². The fourth-order valence-corrected chi connectivity index (χ4v) is 4.81. The van der Waals surface area contributed by atoms with E-state index in [1.807, 2.05) is 51.4 Å². The summed E-state index contributed by atoms with van der Waals surface area (Å²) in [5.74, 6) is 0.145. The average Bonchev–Trinajstić information content (AvgIpc) is 3.18. The summed E-state index contributed by atoms with van der Waals surface area (Å²) in [5.41, 5.74) is 2.93. The molecule has 1 heterocycles. The Bertz CT molecular complexity index is 1140. The van der Waals surface area contributed by atoms with Crippen LogP contribution in [0.4, 0.5) is 13.2 Å². The van der Waals surface area contributed by atoms with E-state index in [1.54, 1.807) is 11.8 Å². The second-order valence-electron chi connectivity index (χ2n) is 7.58. The Kier molecular flexibility index (Phi) is 9.46. The molecule has 2 unspecified atom stereocenters. The quantitative estimate of drug-likeness (QED) is 0.344. The van der Waals surface area contributed by atoms with Gasteiger partial charge in [-0.2, -0.15) is 33.4 Å². The van der Waals surface area contributed by atoms with Crippen molar-refractivity contribution < 1.29 is 25.8 Å². The maximum absolute atomic E-state index is 13.0. The van der Waals surface area contributed by atoms with E-state index in [9.17, 15) is 21.6 Å². The van der Waals surface area contributed by atoms with Gasteiger partial charge in [-0.25, -0.2) is 0 Å². The van der Waals surface area contributed by atoms with Crippen molar-refractivity contribution in [1.82, 2.24) is 4.98 Å². The summed E-state index contributed by atoms with van der Waals surface area (Å²) in [7, 11) is -3.65. The smallest absolute Gasteiger partial charge is 0.361 e. The van der Waals surface area contributed by atoms with Gasteiger partial charge in [0.15, 0.2) is 0 Å². The molecule has 1 aromatic heterocycles. The molecule has 3 rings (SSSR count). The van der Waals surface area contributed by atoms with Crippen LogP contribution in [-0.4, -0.2) is 32.5 Å². The highest BCUT2D eigenvalue weighted by atomic mass is 32.2. The van der Waals surface area contributed by atoms with Crippen LogP contribution in [0.25, 0.3) is 10.9 Å². The number of benzene rings is 2. The summed E-state index contributed by atoms with van der Waals surface area (Å²) >= 11 is 1.69. The predicted molar refractivity (Wildman–Crippen MR) is 130 cm³/mol. The number of fused-ring (bicyclic) bond motifs is 1. The first-order valence-corrected chi connectivity index (χ1v) is 13.8. The van der Waals surface area contributed by atoms with Gasteiger partial charge in [0.05, 0.1) is 18.4 Å². The molecular formula is C24H30F3NO3S2. The van der Waals surface area contributed by atoms with Crippen LogP contribution in [0.3, 0.4) is 0 Å². The lowest BCUT2D eigenvalue weighted by molar-refractivity contribution is -0.137. The molecule has 0 saturated carbocycles. The van der Waals surface area contributed by atoms with Crippen molar-refractivity contribution in [2.24, 2.45) is 5.92 Å². The Morgan fingerprint density at radius 3 is 2.27 bits per heavy atom. The van der Waals surface area contributed by atoms with Crippen molar-refractivity contribution >= 4 is 32.8 Å². The number of hydrogen-bond acceptors (Lipinski definition) is 4. The minimum Gasteiger partial charge on any atom is -0.361 e. The summed E-state index contributed by atoms with van der Waals surface area (Å²) in [4.78, 5) is 3.30. The van der Waals surface area contributed by atoms with E-state index in [2.05, 4.69) is 4.98 Å². The minimum absolute atomic E-state index is 0.0816. The number of nitrogens with one attached hydrogen (secondary N) is 1. The van der Waals surface area contributed by atoms with Gasteiger partial charge in [0.2, 0.25) is 0 Å². The van der Waals surface area contributed by atoms with Crippen LogP contribution in [0.5, 0.6) is 0 Å². The molecule has 0 aliphatic carbocycles. The summed E-state index contributed by atoms with van der Waals surface area (Å²) in [6, 6.07) is 11.0. The van der Waals surface area contributed by atoms with Gasteiger partial charge in [-0.05, 0) is 41.0 Å². The highest BCUT2D eigenvalue weighted by Crippen LogP contribution is 2.39. The summed E-state index contributed by atoms with van der Waals surface area (Å²) in [6.07, 6.45) is 0.422. The molecule has 9 heteroatoms. The lowest BCUT2D eigenvalue weighted by Gasteiger charge is -2.24. The third-order valence-corrected chi connectivity index (χ3v) is 6.34. The highest BCUT2D eigenvalue weighted by molar-refractivity contribution is 7.97. The van der Waals surface area contributed by atoms with E-state index >= 15 is 0 Å². The van der Waals surface area contributed by atoms with Gasteiger partial charge in [-0.15, -0.1) is 0 Å². The molecule has 0 amide bonds. The van der Waals surface area contributed by atoms with Crippen LogP contribution in [0, 0.1) is 5.92 Å². The molecule has 2 aromatic carbocycles. The number of H-pyrrole nitrogens is 1. The van der Waals surface area contributed by atoms with Crippen molar-refractivity contribution in [3.63, 3.8) is 0 Å². The number of halogens is 3. The van der Waals surface area contributed by atoms with E-state index in [0.29, 0.717) is 5.56 Å². The molecule has 0 aliphatic rings. The fourth-order valence-electron chi connectivity index (χ4n) is 3.79. The number of aromatic nitrogens is 1. The minimum atomic E-state index is -4.42. The van der Waals surface area contributed by atoms with Gasteiger partial charge in [-0.1, -0.05) is 51.1 Å². The van der Waals surface area contributed by atoms with E-state index in [4.69, 9.17) is 4.18 Å². The van der Waals surface area contributed by atoms with Crippen molar-refractivity contribution in [2.45, 2.75) is 38.6 Å². The predicted octanol–water partition coefficient (Wildman–Crippen LogP) is 6.82.